The van der Waals surface area contributed by atoms with Gasteiger partial charge in [0.05, 0.1) is 0 Å². The van der Waals surface area contributed by atoms with Crippen molar-refractivity contribution in [3.8, 4) is 0 Å². The Bertz CT molecular complexity index is 66.8. The van der Waals surface area contributed by atoms with Gasteiger partial charge in [-0.15, -0.1) is 0 Å². The molecule has 0 N–H and O–H groups in total. The van der Waals surface area contributed by atoms with Crippen molar-refractivity contribution in [1.29, 1.82) is 0 Å². The third kappa shape index (κ3) is 1.87. The molecule has 0 saturated carbocycles. The summed E-state index contributed by atoms with van der Waals surface area (Å²) in [5, 5.41) is 0. The molecule has 1 unspecified atom stereocenters. The van der Waals surface area contributed by atoms with E-state index >= 15 is 0 Å². The standard InChI is InChI=1S/C5H9Cl.ClH.Ga/c1-2-3-4-5-6;;/h5H,1-4H2;1H;/q;;+1/p-1. The summed E-state index contributed by atoms with van der Waals surface area (Å²) in [7, 11) is 6.02. The average Bonchev–Trinajstić information content (AvgIpc) is 1.77. The Kier molecular flexibility index (Phi) is 3.11. The van der Waals surface area contributed by atoms with Gasteiger partial charge in [0, 0.05) is 0 Å². The van der Waals surface area contributed by atoms with Crippen LogP contribution in [0.4, 0.5) is 0 Å². The van der Waals surface area contributed by atoms with Crippen molar-refractivity contribution in [2.75, 3.05) is 0 Å². The van der Waals surface area contributed by atoms with Gasteiger partial charge in [-0.25, -0.2) is 0 Å². The van der Waals surface area contributed by atoms with E-state index in [1.165, 1.54) is 24.2 Å². The number of hydrogen-bond acceptors (Lipinski definition) is 0. The molecule has 46 valence electrons. The van der Waals surface area contributed by atoms with Gasteiger partial charge in [-0.2, -0.15) is 0 Å². The number of halogens is 2. The van der Waals surface area contributed by atoms with Crippen LogP contribution in [0.5, 0.6) is 0 Å². The van der Waals surface area contributed by atoms with E-state index in [0.717, 1.165) is 0 Å². The Morgan fingerprint density at radius 2 is 2.12 bits per heavy atom. The predicted octanol–water partition coefficient (Wildman–Crippen LogP) is 2.55. The molecule has 1 aliphatic heterocycles. The molecule has 3 heteroatoms. The third-order valence-corrected chi connectivity index (χ3v) is 11.1. The second-order valence-corrected chi connectivity index (χ2v) is 11.7. The van der Waals surface area contributed by atoms with E-state index in [1.807, 2.05) is 0 Å². The zero-order chi connectivity index (χ0) is 5.98. The predicted molar refractivity (Wildman–Crippen MR) is 39.9 cm³/mol. The maximum absolute atomic E-state index is 6.02. The summed E-state index contributed by atoms with van der Waals surface area (Å²) in [4.78, 5) is 1.29. The van der Waals surface area contributed by atoms with Crippen LogP contribution in [0.15, 0.2) is 0 Å². The molecule has 1 heterocycles. The first-order valence-electron chi connectivity index (χ1n) is 3.09. The van der Waals surface area contributed by atoms with Crippen LogP contribution in [0.1, 0.15) is 19.3 Å². The average molecular weight is 210 g/mol. The maximum atomic E-state index is 6.02. The van der Waals surface area contributed by atoms with Crippen molar-refractivity contribution in [2.45, 2.75) is 28.2 Å². The molecule has 0 spiro atoms. The Morgan fingerprint density at radius 3 is 2.50 bits per heavy atom. The van der Waals surface area contributed by atoms with Crippen LogP contribution < -0.4 is 0 Å². The molecule has 0 nitrogen and oxygen atoms in total. The van der Waals surface area contributed by atoms with Crippen molar-refractivity contribution in [3.05, 3.63) is 0 Å². The Balaban J connectivity index is 2.28. The van der Waals surface area contributed by atoms with Crippen LogP contribution >= 0.6 is 21.2 Å². The summed E-state index contributed by atoms with van der Waals surface area (Å²) in [5.74, 6) is 0. The Labute approximate surface area is 64.6 Å². The van der Waals surface area contributed by atoms with Gasteiger partial charge in [0.2, 0.25) is 0 Å². The van der Waals surface area contributed by atoms with Crippen LogP contribution in [0.2, 0.25) is 4.98 Å². The molecule has 8 heavy (non-hydrogen) atoms. The first-order valence-corrected chi connectivity index (χ1v) is 9.82. The van der Waals surface area contributed by atoms with Crippen LogP contribution in [0, 0.1) is 0 Å². The van der Waals surface area contributed by atoms with E-state index in [4.69, 9.17) is 21.2 Å². The molecule has 1 atom stereocenters. The molecule has 0 bridgehead atoms. The second-order valence-electron chi connectivity index (χ2n) is 2.32. The van der Waals surface area contributed by atoms with Gasteiger partial charge in [-0.05, 0) is 0 Å². The van der Waals surface area contributed by atoms with Crippen molar-refractivity contribution < 1.29 is 0 Å². The molecule has 1 fully saturated rings. The molecule has 0 aliphatic carbocycles. The molecule has 0 aromatic rings. The van der Waals surface area contributed by atoms with E-state index in [2.05, 4.69) is 0 Å². The molecular weight excluding hydrogens is 201 g/mol. The number of alkyl halides is 1. The van der Waals surface area contributed by atoms with Crippen molar-refractivity contribution >= 4 is 36.5 Å². The fourth-order valence-electron chi connectivity index (χ4n) is 1.04. The van der Waals surface area contributed by atoms with E-state index in [-0.39, 0.29) is 0 Å². The number of hydrogen-bond donors (Lipinski definition) is 0. The minimum atomic E-state index is -1.37. The summed E-state index contributed by atoms with van der Waals surface area (Å²) in [5.41, 5.74) is 0. The van der Waals surface area contributed by atoms with Crippen LogP contribution in [0.25, 0.3) is 0 Å². The quantitative estimate of drug-likeness (QED) is 0.425. The van der Waals surface area contributed by atoms with E-state index in [9.17, 15) is 0 Å². The van der Waals surface area contributed by atoms with Gasteiger partial charge in [-0.3, -0.25) is 0 Å². The molecule has 1 saturated heterocycles. The van der Waals surface area contributed by atoms with Crippen molar-refractivity contribution in [3.63, 3.8) is 0 Å². The van der Waals surface area contributed by atoms with Gasteiger partial charge in [0.15, 0.2) is 0 Å². The van der Waals surface area contributed by atoms with Gasteiger partial charge in [0.1, 0.15) is 0 Å². The second kappa shape index (κ2) is 3.40. The normalized spacial score (nSPS) is 30.8. The van der Waals surface area contributed by atoms with Crippen molar-refractivity contribution in [2.24, 2.45) is 0 Å². The SMILES string of the molecule is Cl[CH]1CCC[CH2][Ga]1[Cl]. The van der Waals surface area contributed by atoms with Crippen molar-refractivity contribution in [1.82, 2.24) is 0 Å². The minimum absolute atomic E-state index is 0.429. The van der Waals surface area contributed by atoms with Gasteiger partial charge < -0.3 is 0 Å². The Morgan fingerprint density at radius 1 is 1.38 bits per heavy atom. The van der Waals surface area contributed by atoms with E-state index < -0.39 is 15.2 Å². The Hall–Kier alpha value is 1.22. The van der Waals surface area contributed by atoms with Crippen LogP contribution in [-0.2, 0) is 0 Å². The topological polar surface area (TPSA) is 0 Å². The summed E-state index contributed by atoms with van der Waals surface area (Å²) in [6, 6.07) is 0. The van der Waals surface area contributed by atoms with E-state index in [0.29, 0.717) is 3.93 Å². The summed E-state index contributed by atoms with van der Waals surface area (Å²) in [6.45, 7) is 0. The monoisotopic (exact) mass is 208 g/mol. The third-order valence-electron chi connectivity index (χ3n) is 1.60. The van der Waals surface area contributed by atoms with Crippen LogP contribution in [-0.4, -0.2) is 19.1 Å². The first kappa shape index (κ1) is 7.32. The summed E-state index contributed by atoms with van der Waals surface area (Å²) >= 11 is 4.55. The molecule has 0 aromatic heterocycles. The van der Waals surface area contributed by atoms with Gasteiger partial charge in [0.25, 0.3) is 0 Å². The zero-order valence-corrected chi connectivity index (χ0v) is 8.67. The summed E-state index contributed by atoms with van der Waals surface area (Å²) < 4.78 is 0.429. The van der Waals surface area contributed by atoms with E-state index in [1.54, 1.807) is 0 Å². The molecule has 0 amide bonds. The first-order chi connectivity index (χ1) is 3.80. The zero-order valence-electron chi connectivity index (χ0n) is 4.74. The molecule has 0 aromatic carbocycles. The molecule has 1 aliphatic rings. The van der Waals surface area contributed by atoms with Gasteiger partial charge >= 0.3 is 64.6 Å². The van der Waals surface area contributed by atoms with Gasteiger partial charge in [-0.1, -0.05) is 0 Å². The fourth-order valence-corrected chi connectivity index (χ4v) is 6.74. The summed E-state index contributed by atoms with van der Waals surface area (Å²) in [6.07, 6.45) is 3.84. The molecule has 0 radical (unpaired) electrons. The van der Waals surface area contributed by atoms with Crippen LogP contribution in [0.3, 0.4) is 0 Å². The molecular formula is C5H9Cl2Ga. The fraction of sp³-hybridized carbons (Fsp3) is 1.00. The molecule has 1 rings (SSSR count). The number of rotatable bonds is 0.